The Morgan fingerprint density at radius 1 is 1.47 bits per heavy atom. The summed E-state index contributed by atoms with van der Waals surface area (Å²) >= 11 is 1.25. The van der Waals surface area contributed by atoms with E-state index >= 15 is 0 Å². The number of aromatic nitrogens is 1. The minimum Gasteiger partial charge on any atom is -0.481 e. The summed E-state index contributed by atoms with van der Waals surface area (Å²) in [7, 11) is 0. The molecule has 1 saturated carbocycles. The van der Waals surface area contributed by atoms with E-state index in [1.807, 2.05) is 0 Å². The van der Waals surface area contributed by atoms with Crippen LogP contribution in [-0.4, -0.2) is 28.5 Å². The van der Waals surface area contributed by atoms with E-state index in [-0.39, 0.29) is 12.5 Å². The Labute approximate surface area is 103 Å². The van der Waals surface area contributed by atoms with Crippen molar-refractivity contribution in [3.8, 4) is 0 Å². The summed E-state index contributed by atoms with van der Waals surface area (Å²) in [5.74, 6) is -1.04. The minimum atomic E-state index is -0.806. The van der Waals surface area contributed by atoms with Crippen molar-refractivity contribution >= 4 is 23.2 Å². The van der Waals surface area contributed by atoms with E-state index in [1.54, 1.807) is 5.51 Å². The maximum absolute atomic E-state index is 11.7. The first-order valence-electron chi connectivity index (χ1n) is 5.54. The van der Waals surface area contributed by atoms with Crippen molar-refractivity contribution < 1.29 is 14.7 Å². The van der Waals surface area contributed by atoms with Gasteiger partial charge < -0.3 is 10.4 Å². The van der Waals surface area contributed by atoms with Gasteiger partial charge in [0.05, 0.1) is 17.1 Å². The van der Waals surface area contributed by atoms with Crippen molar-refractivity contribution in [1.29, 1.82) is 0 Å². The van der Waals surface area contributed by atoms with Gasteiger partial charge in [-0.15, -0.1) is 11.3 Å². The third-order valence-electron chi connectivity index (χ3n) is 3.26. The van der Waals surface area contributed by atoms with Crippen LogP contribution in [0.5, 0.6) is 0 Å². The van der Waals surface area contributed by atoms with Gasteiger partial charge in [-0.25, -0.2) is 0 Å². The largest absolute Gasteiger partial charge is 0.481 e. The number of carbonyl (C=O) groups excluding carboxylic acids is 1. The lowest BCUT2D eigenvalue weighted by Crippen LogP contribution is -2.41. The fraction of sp³-hybridized carbons (Fsp3) is 0.545. The highest BCUT2D eigenvalue weighted by molar-refractivity contribution is 7.11. The van der Waals surface area contributed by atoms with Crippen LogP contribution in [0, 0.1) is 5.41 Å². The molecule has 1 heterocycles. The van der Waals surface area contributed by atoms with Crippen LogP contribution in [0.1, 0.15) is 35.4 Å². The normalized spacial score (nSPS) is 17.9. The minimum absolute atomic E-state index is 0.207. The topological polar surface area (TPSA) is 79.3 Å². The molecule has 0 radical (unpaired) electrons. The standard InChI is InChI=1S/C11H14N2O3S/c14-9(8-5-12-7-17-8)13-6-11(10(15)16)3-1-2-4-11/h5,7H,1-4,6H2,(H,13,14)(H,15,16). The third kappa shape index (κ3) is 2.46. The van der Waals surface area contributed by atoms with Crippen LogP contribution in [0.25, 0.3) is 0 Å². The summed E-state index contributed by atoms with van der Waals surface area (Å²) in [5.41, 5.74) is 0.817. The first-order valence-corrected chi connectivity index (χ1v) is 6.42. The zero-order chi connectivity index (χ0) is 12.3. The highest BCUT2D eigenvalue weighted by Gasteiger charge is 2.41. The second kappa shape index (κ2) is 4.83. The zero-order valence-electron chi connectivity index (χ0n) is 9.31. The van der Waals surface area contributed by atoms with Crippen LogP contribution in [-0.2, 0) is 4.79 Å². The number of carboxylic acids is 1. The Kier molecular flexibility index (Phi) is 3.42. The molecule has 2 rings (SSSR count). The lowest BCUT2D eigenvalue weighted by molar-refractivity contribution is -0.148. The monoisotopic (exact) mass is 254 g/mol. The summed E-state index contributed by atoms with van der Waals surface area (Å²) in [6.45, 7) is 0.207. The van der Waals surface area contributed by atoms with Crippen molar-refractivity contribution in [2.24, 2.45) is 5.41 Å². The van der Waals surface area contributed by atoms with Gasteiger partial charge in [-0.3, -0.25) is 14.6 Å². The van der Waals surface area contributed by atoms with E-state index in [2.05, 4.69) is 10.3 Å². The fourth-order valence-corrected chi connectivity index (χ4v) is 2.72. The van der Waals surface area contributed by atoms with Crippen LogP contribution in [0.15, 0.2) is 11.7 Å². The smallest absolute Gasteiger partial charge is 0.311 e. The van der Waals surface area contributed by atoms with E-state index in [4.69, 9.17) is 0 Å². The molecule has 17 heavy (non-hydrogen) atoms. The molecule has 0 atom stereocenters. The molecule has 5 nitrogen and oxygen atoms in total. The number of carbonyl (C=O) groups is 2. The van der Waals surface area contributed by atoms with Gasteiger partial charge in [-0.1, -0.05) is 12.8 Å². The Bertz CT molecular complexity index is 410. The first-order chi connectivity index (χ1) is 8.14. The van der Waals surface area contributed by atoms with Gasteiger partial charge >= 0.3 is 5.97 Å². The molecule has 0 saturated heterocycles. The summed E-state index contributed by atoms with van der Waals surface area (Å²) in [6.07, 6.45) is 4.62. The Balaban J connectivity index is 1.97. The number of amides is 1. The molecule has 1 aliphatic carbocycles. The van der Waals surface area contributed by atoms with Crippen molar-refractivity contribution in [3.05, 3.63) is 16.6 Å². The molecule has 0 aromatic carbocycles. The molecule has 1 aromatic rings. The van der Waals surface area contributed by atoms with Crippen molar-refractivity contribution in [2.45, 2.75) is 25.7 Å². The molecular weight excluding hydrogens is 240 g/mol. The van der Waals surface area contributed by atoms with E-state index in [0.29, 0.717) is 17.7 Å². The highest BCUT2D eigenvalue weighted by Crippen LogP contribution is 2.37. The molecule has 6 heteroatoms. The van der Waals surface area contributed by atoms with Gasteiger partial charge in [-0.05, 0) is 12.8 Å². The molecule has 0 spiro atoms. The second-order valence-electron chi connectivity index (χ2n) is 4.34. The number of hydrogen-bond donors (Lipinski definition) is 2. The second-order valence-corrected chi connectivity index (χ2v) is 5.23. The van der Waals surface area contributed by atoms with Gasteiger partial charge in [-0.2, -0.15) is 0 Å². The van der Waals surface area contributed by atoms with Crippen LogP contribution >= 0.6 is 11.3 Å². The number of aliphatic carboxylic acids is 1. The molecule has 1 aromatic heterocycles. The van der Waals surface area contributed by atoms with Crippen LogP contribution < -0.4 is 5.32 Å². The molecule has 1 aliphatic rings. The summed E-state index contributed by atoms with van der Waals surface area (Å²) in [6, 6.07) is 0. The first kappa shape index (κ1) is 12.0. The molecule has 92 valence electrons. The molecule has 0 aliphatic heterocycles. The average molecular weight is 254 g/mol. The van der Waals surface area contributed by atoms with Crippen molar-refractivity contribution in [1.82, 2.24) is 10.3 Å². The van der Waals surface area contributed by atoms with Gasteiger partial charge in [0, 0.05) is 6.54 Å². The van der Waals surface area contributed by atoms with Crippen molar-refractivity contribution in [3.63, 3.8) is 0 Å². The fourth-order valence-electron chi connectivity index (χ4n) is 2.18. The number of thiazole rings is 1. The van der Waals surface area contributed by atoms with Crippen LogP contribution in [0.2, 0.25) is 0 Å². The number of nitrogens with zero attached hydrogens (tertiary/aromatic N) is 1. The van der Waals surface area contributed by atoms with E-state index in [9.17, 15) is 14.7 Å². The number of hydrogen-bond acceptors (Lipinski definition) is 4. The maximum atomic E-state index is 11.7. The predicted molar refractivity (Wildman–Crippen MR) is 63.0 cm³/mol. The van der Waals surface area contributed by atoms with Crippen LogP contribution in [0.3, 0.4) is 0 Å². The predicted octanol–water partition coefficient (Wildman–Crippen LogP) is 1.52. The van der Waals surface area contributed by atoms with E-state index < -0.39 is 11.4 Å². The van der Waals surface area contributed by atoms with Gasteiger partial charge in [0.25, 0.3) is 5.91 Å². The van der Waals surface area contributed by atoms with Crippen LogP contribution in [0.4, 0.5) is 0 Å². The average Bonchev–Trinajstić information content (AvgIpc) is 2.97. The molecule has 0 unspecified atom stereocenters. The van der Waals surface area contributed by atoms with Gasteiger partial charge in [0.1, 0.15) is 4.88 Å². The summed E-state index contributed by atoms with van der Waals surface area (Å²) in [4.78, 5) is 27.3. The highest BCUT2D eigenvalue weighted by atomic mass is 32.1. The Morgan fingerprint density at radius 2 is 2.18 bits per heavy atom. The number of rotatable bonds is 4. The number of nitrogens with one attached hydrogen (secondary N) is 1. The Hall–Kier alpha value is -1.43. The molecule has 2 N–H and O–H groups in total. The SMILES string of the molecule is O=C(NCC1(C(=O)O)CCCC1)c1cncs1. The zero-order valence-corrected chi connectivity index (χ0v) is 10.1. The van der Waals surface area contributed by atoms with E-state index in [1.165, 1.54) is 17.5 Å². The van der Waals surface area contributed by atoms with Crippen molar-refractivity contribution in [2.75, 3.05) is 6.54 Å². The quantitative estimate of drug-likeness (QED) is 0.853. The third-order valence-corrected chi connectivity index (χ3v) is 4.03. The summed E-state index contributed by atoms with van der Waals surface area (Å²) in [5, 5.41) is 11.9. The summed E-state index contributed by atoms with van der Waals surface area (Å²) < 4.78 is 0. The molecule has 1 amide bonds. The maximum Gasteiger partial charge on any atom is 0.311 e. The lowest BCUT2D eigenvalue weighted by atomic mass is 9.86. The molecule has 0 bridgehead atoms. The van der Waals surface area contributed by atoms with Gasteiger partial charge in [0.2, 0.25) is 0 Å². The molecule has 1 fully saturated rings. The Morgan fingerprint density at radius 3 is 2.71 bits per heavy atom. The number of carboxylic acid groups (broad SMARTS) is 1. The molecular formula is C11H14N2O3S. The van der Waals surface area contributed by atoms with Gasteiger partial charge in [0.15, 0.2) is 0 Å². The van der Waals surface area contributed by atoms with E-state index in [0.717, 1.165) is 12.8 Å². The lowest BCUT2D eigenvalue weighted by Gasteiger charge is -2.23.